The van der Waals surface area contributed by atoms with Crippen LogP contribution in [0, 0.1) is 0 Å². The maximum atomic E-state index is 11.2. The van der Waals surface area contributed by atoms with Crippen LogP contribution in [0.5, 0.6) is 0 Å². The number of aromatic nitrogens is 1. The molecule has 0 fully saturated rings. The third-order valence-electron chi connectivity index (χ3n) is 2.49. The molecule has 1 heterocycles. The minimum atomic E-state index is -0.535. The summed E-state index contributed by atoms with van der Waals surface area (Å²) in [6, 6.07) is 1.89. The molecule has 0 aromatic carbocycles. The molecular weight excluding hydrogens is 248 g/mol. The zero-order chi connectivity index (χ0) is 13.5. The summed E-state index contributed by atoms with van der Waals surface area (Å²) in [5.74, 6) is 2.32. The van der Waals surface area contributed by atoms with Gasteiger partial charge in [-0.1, -0.05) is 6.92 Å². The van der Waals surface area contributed by atoms with Crippen LogP contribution in [0.2, 0.25) is 0 Å². The summed E-state index contributed by atoms with van der Waals surface area (Å²) in [6.45, 7) is 4.22. The van der Waals surface area contributed by atoms with Crippen molar-refractivity contribution in [2.75, 3.05) is 22.6 Å². The topological polar surface area (TPSA) is 94.0 Å². The number of carbonyl (C=O) groups excluding carboxylic acids is 1. The van der Waals surface area contributed by atoms with Crippen molar-refractivity contribution >= 4 is 29.2 Å². The van der Waals surface area contributed by atoms with Crippen LogP contribution >= 0.6 is 11.8 Å². The Balaban J connectivity index is 2.62. The Morgan fingerprint density at radius 1 is 1.61 bits per heavy atom. The number of nitrogens with zero attached hydrogens (tertiary/aromatic N) is 1. The molecule has 0 radical (unpaired) electrons. The number of hydrogen-bond donors (Lipinski definition) is 3. The first-order valence-electron chi connectivity index (χ1n) is 5.94. The number of hydrogen-bond acceptors (Lipinski definition) is 5. The second-order valence-corrected chi connectivity index (χ2v) is 5.45. The zero-order valence-electron chi connectivity index (χ0n) is 10.8. The summed E-state index contributed by atoms with van der Waals surface area (Å²) in [5, 5.41) is 3.24. The number of amides is 1. The molecule has 1 atom stereocenters. The van der Waals surface area contributed by atoms with Gasteiger partial charge in [-0.3, -0.25) is 4.79 Å². The van der Waals surface area contributed by atoms with Crippen molar-refractivity contribution in [2.45, 2.75) is 26.3 Å². The summed E-state index contributed by atoms with van der Waals surface area (Å²) < 4.78 is 0. The lowest BCUT2D eigenvalue weighted by Crippen LogP contribution is -2.19. The van der Waals surface area contributed by atoms with Crippen LogP contribution < -0.4 is 16.8 Å². The molecule has 1 aromatic rings. The van der Waals surface area contributed by atoms with Crippen LogP contribution in [0.3, 0.4) is 0 Å². The Morgan fingerprint density at radius 3 is 2.94 bits per heavy atom. The zero-order valence-corrected chi connectivity index (χ0v) is 11.6. The van der Waals surface area contributed by atoms with E-state index in [4.69, 9.17) is 11.5 Å². The first-order chi connectivity index (χ1) is 8.54. The van der Waals surface area contributed by atoms with Crippen LogP contribution in [0.4, 0.5) is 11.5 Å². The van der Waals surface area contributed by atoms with Gasteiger partial charge in [-0.25, -0.2) is 4.98 Å². The molecule has 1 amide bonds. The number of primary amides is 1. The number of nitrogens with one attached hydrogen (secondary N) is 1. The molecule has 1 rings (SSSR count). The number of thioether (sulfide) groups is 1. The fourth-order valence-electron chi connectivity index (χ4n) is 1.49. The molecule has 1 aromatic heterocycles. The minimum Gasteiger partial charge on any atom is -0.397 e. The van der Waals surface area contributed by atoms with E-state index in [0.29, 0.717) is 23.1 Å². The standard InChI is InChI=1S/C12H20N4OS/c1-3-18-5-4-8(2)16-11-6-9(12(14)17)10(13)7-15-11/h6-8H,3-5,13H2,1-2H3,(H2,14,17)(H,15,16). The molecular formula is C12H20N4OS. The number of carbonyl (C=O) groups is 1. The van der Waals surface area contributed by atoms with E-state index in [1.54, 1.807) is 6.07 Å². The Morgan fingerprint density at radius 2 is 2.33 bits per heavy atom. The molecule has 18 heavy (non-hydrogen) atoms. The van der Waals surface area contributed by atoms with Gasteiger partial charge in [0, 0.05) is 6.04 Å². The fraction of sp³-hybridized carbons (Fsp3) is 0.500. The Labute approximate surface area is 112 Å². The predicted molar refractivity (Wildman–Crippen MR) is 77.9 cm³/mol. The third-order valence-corrected chi connectivity index (χ3v) is 3.43. The fourth-order valence-corrected chi connectivity index (χ4v) is 2.30. The van der Waals surface area contributed by atoms with E-state index in [-0.39, 0.29) is 0 Å². The van der Waals surface area contributed by atoms with Crippen molar-refractivity contribution in [1.29, 1.82) is 0 Å². The molecule has 0 aliphatic heterocycles. The maximum absolute atomic E-state index is 11.2. The number of nitrogens with two attached hydrogens (primary N) is 2. The summed E-state index contributed by atoms with van der Waals surface area (Å²) in [7, 11) is 0. The molecule has 5 nitrogen and oxygen atoms in total. The quantitative estimate of drug-likeness (QED) is 0.654. The summed E-state index contributed by atoms with van der Waals surface area (Å²) in [5.41, 5.74) is 11.5. The number of nitrogen functional groups attached to an aromatic ring is 1. The molecule has 0 aliphatic rings. The number of anilines is 2. The molecule has 0 bridgehead atoms. The maximum Gasteiger partial charge on any atom is 0.250 e. The van der Waals surface area contributed by atoms with Gasteiger partial charge in [0.05, 0.1) is 17.4 Å². The summed E-state index contributed by atoms with van der Waals surface area (Å²) >= 11 is 1.90. The van der Waals surface area contributed by atoms with E-state index >= 15 is 0 Å². The van der Waals surface area contributed by atoms with Gasteiger partial charge in [0.2, 0.25) is 0 Å². The smallest absolute Gasteiger partial charge is 0.250 e. The highest BCUT2D eigenvalue weighted by Gasteiger charge is 2.09. The van der Waals surface area contributed by atoms with Crippen molar-refractivity contribution in [3.63, 3.8) is 0 Å². The van der Waals surface area contributed by atoms with E-state index in [9.17, 15) is 4.79 Å². The van der Waals surface area contributed by atoms with E-state index in [1.165, 1.54) is 6.20 Å². The Hall–Kier alpha value is -1.43. The molecule has 6 heteroatoms. The van der Waals surface area contributed by atoms with Crippen LogP contribution in [0.15, 0.2) is 12.3 Å². The molecule has 0 aliphatic carbocycles. The van der Waals surface area contributed by atoms with E-state index in [2.05, 4.69) is 24.1 Å². The highest BCUT2D eigenvalue weighted by atomic mass is 32.2. The monoisotopic (exact) mass is 268 g/mol. The van der Waals surface area contributed by atoms with E-state index in [1.807, 2.05) is 11.8 Å². The van der Waals surface area contributed by atoms with Gasteiger partial charge in [0.25, 0.3) is 5.91 Å². The number of rotatable bonds is 7. The second-order valence-electron chi connectivity index (χ2n) is 4.05. The molecule has 0 saturated carbocycles. The lowest BCUT2D eigenvalue weighted by atomic mass is 10.2. The molecule has 5 N–H and O–H groups in total. The van der Waals surface area contributed by atoms with Gasteiger partial charge in [-0.15, -0.1) is 0 Å². The lowest BCUT2D eigenvalue weighted by Gasteiger charge is -2.14. The van der Waals surface area contributed by atoms with Gasteiger partial charge in [0.15, 0.2) is 0 Å². The van der Waals surface area contributed by atoms with Gasteiger partial charge in [0.1, 0.15) is 5.82 Å². The SMILES string of the molecule is CCSCCC(C)Nc1cc(C(N)=O)c(N)cn1. The molecule has 100 valence electrons. The van der Waals surface area contributed by atoms with Crippen LogP contribution in [-0.2, 0) is 0 Å². The van der Waals surface area contributed by atoms with Gasteiger partial charge in [-0.05, 0) is 30.9 Å². The van der Waals surface area contributed by atoms with E-state index < -0.39 is 5.91 Å². The summed E-state index contributed by atoms with van der Waals surface area (Å²) in [4.78, 5) is 15.3. The minimum absolute atomic E-state index is 0.293. The van der Waals surface area contributed by atoms with Crippen molar-refractivity contribution < 1.29 is 4.79 Å². The summed E-state index contributed by atoms with van der Waals surface area (Å²) in [6.07, 6.45) is 2.49. The average Bonchev–Trinajstić information content (AvgIpc) is 2.31. The lowest BCUT2D eigenvalue weighted by molar-refractivity contribution is 0.100. The molecule has 0 saturated heterocycles. The second kappa shape index (κ2) is 7.10. The highest BCUT2D eigenvalue weighted by molar-refractivity contribution is 7.99. The van der Waals surface area contributed by atoms with Crippen molar-refractivity contribution in [2.24, 2.45) is 5.73 Å². The molecule has 1 unspecified atom stereocenters. The predicted octanol–water partition coefficient (Wildman–Crippen LogP) is 1.71. The Kier molecular flexibility index (Phi) is 5.77. The van der Waals surface area contributed by atoms with Gasteiger partial charge >= 0.3 is 0 Å². The highest BCUT2D eigenvalue weighted by Crippen LogP contribution is 2.16. The van der Waals surface area contributed by atoms with Crippen LogP contribution in [0.1, 0.15) is 30.6 Å². The van der Waals surface area contributed by atoms with Crippen LogP contribution in [0.25, 0.3) is 0 Å². The Bertz CT molecular complexity index is 411. The van der Waals surface area contributed by atoms with Gasteiger partial charge in [-0.2, -0.15) is 11.8 Å². The normalized spacial score (nSPS) is 12.1. The van der Waals surface area contributed by atoms with Gasteiger partial charge < -0.3 is 16.8 Å². The van der Waals surface area contributed by atoms with Crippen molar-refractivity contribution in [3.8, 4) is 0 Å². The van der Waals surface area contributed by atoms with Crippen molar-refractivity contribution in [1.82, 2.24) is 4.98 Å². The first-order valence-corrected chi connectivity index (χ1v) is 7.09. The first kappa shape index (κ1) is 14.6. The number of pyridine rings is 1. The largest absolute Gasteiger partial charge is 0.397 e. The molecule has 0 spiro atoms. The average molecular weight is 268 g/mol. The van der Waals surface area contributed by atoms with Crippen molar-refractivity contribution in [3.05, 3.63) is 17.8 Å². The van der Waals surface area contributed by atoms with E-state index in [0.717, 1.165) is 17.9 Å². The third kappa shape index (κ3) is 4.44. The van der Waals surface area contributed by atoms with Crippen LogP contribution in [-0.4, -0.2) is 28.4 Å².